The minimum atomic E-state index is -0.308. The third-order valence-electron chi connectivity index (χ3n) is 3.66. The summed E-state index contributed by atoms with van der Waals surface area (Å²) in [5.74, 6) is 0.312. The van der Waals surface area contributed by atoms with E-state index in [9.17, 15) is 4.79 Å². The van der Waals surface area contributed by atoms with E-state index in [4.69, 9.17) is 9.47 Å². The molecule has 0 fully saturated rings. The highest BCUT2D eigenvalue weighted by atomic mass is 16.5. The smallest absolute Gasteiger partial charge is 0.313 e. The standard InChI is InChI=1S/C17H16O3/c1-19-17(18)14-11-13-9-5-6-10-15(13)20-16(14)12-7-3-2-4-8-12/h2-10,14,16H,11H2,1H3/t14-,16+/m1/s1. The van der Waals surface area contributed by atoms with Gasteiger partial charge in [-0.3, -0.25) is 4.79 Å². The van der Waals surface area contributed by atoms with Gasteiger partial charge >= 0.3 is 5.97 Å². The summed E-state index contributed by atoms with van der Waals surface area (Å²) < 4.78 is 11.0. The highest BCUT2D eigenvalue weighted by molar-refractivity contribution is 5.74. The van der Waals surface area contributed by atoms with Gasteiger partial charge in [0.05, 0.1) is 7.11 Å². The van der Waals surface area contributed by atoms with Crippen molar-refractivity contribution >= 4 is 5.97 Å². The van der Waals surface area contributed by atoms with Gasteiger partial charge in [-0.2, -0.15) is 0 Å². The summed E-state index contributed by atoms with van der Waals surface area (Å²) in [6.45, 7) is 0. The molecule has 3 nitrogen and oxygen atoms in total. The number of hydrogen-bond donors (Lipinski definition) is 0. The molecule has 0 saturated heterocycles. The molecule has 2 aromatic carbocycles. The number of benzene rings is 2. The van der Waals surface area contributed by atoms with E-state index in [2.05, 4.69) is 0 Å². The molecular weight excluding hydrogens is 252 g/mol. The first-order valence-electron chi connectivity index (χ1n) is 6.67. The molecule has 3 heteroatoms. The van der Waals surface area contributed by atoms with Gasteiger partial charge in [-0.1, -0.05) is 48.5 Å². The third kappa shape index (κ3) is 2.27. The van der Waals surface area contributed by atoms with Crippen molar-refractivity contribution in [3.05, 3.63) is 65.7 Å². The number of carbonyl (C=O) groups is 1. The van der Waals surface area contributed by atoms with Gasteiger partial charge in [0, 0.05) is 0 Å². The number of hydrogen-bond acceptors (Lipinski definition) is 3. The number of ether oxygens (including phenoxy) is 2. The topological polar surface area (TPSA) is 35.5 Å². The van der Waals surface area contributed by atoms with E-state index in [1.165, 1.54) is 7.11 Å². The number of para-hydroxylation sites is 1. The molecule has 1 aliphatic heterocycles. The third-order valence-corrected chi connectivity index (χ3v) is 3.66. The van der Waals surface area contributed by atoms with Gasteiger partial charge in [0.15, 0.2) is 0 Å². The van der Waals surface area contributed by atoms with E-state index in [0.29, 0.717) is 6.42 Å². The van der Waals surface area contributed by atoms with Gasteiger partial charge in [-0.15, -0.1) is 0 Å². The highest BCUT2D eigenvalue weighted by Crippen LogP contribution is 2.39. The molecule has 0 amide bonds. The predicted octanol–water partition coefficient (Wildman–Crippen LogP) is 3.15. The summed E-state index contributed by atoms with van der Waals surface area (Å²) in [7, 11) is 1.42. The fraction of sp³-hybridized carbons (Fsp3) is 0.235. The summed E-state index contributed by atoms with van der Waals surface area (Å²) in [6.07, 6.45) is 0.348. The van der Waals surface area contributed by atoms with Crippen LogP contribution in [0.4, 0.5) is 0 Å². The van der Waals surface area contributed by atoms with Gasteiger partial charge in [-0.05, 0) is 23.6 Å². The molecule has 0 aromatic heterocycles. The Kier molecular flexibility index (Phi) is 3.42. The summed E-state index contributed by atoms with van der Waals surface area (Å²) in [5, 5.41) is 0. The predicted molar refractivity (Wildman–Crippen MR) is 75.5 cm³/mol. The van der Waals surface area contributed by atoms with Crippen LogP contribution in [0.3, 0.4) is 0 Å². The van der Waals surface area contributed by atoms with Crippen LogP contribution in [-0.2, 0) is 16.0 Å². The van der Waals surface area contributed by atoms with Gasteiger partial charge in [0.1, 0.15) is 17.8 Å². The monoisotopic (exact) mass is 268 g/mol. The Balaban J connectivity index is 2.00. The first kappa shape index (κ1) is 12.7. The first-order valence-corrected chi connectivity index (χ1v) is 6.67. The second-order valence-electron chi connectivity index (χ2n) is 4.89. The van der Waals surface area contributed by atoms with Crippen molar-refractivity contribution in [1.82, 2.24) is 0 Å². The van der Waals surface area contributed by atoms with Gasteiger partial charge in [0.2, 0.25) is 0 Å². The van der Waals surface area contributed by atoms with E-state index in [-0.39, 0.29) is 18.0 Å². The molecule has 2 atom stereocenters. The number of methoxy groups -OCH3 is 1. The Morgan fingerprint density at radius 3 is 2.55 bits per heavy atom. The number of rotatable bonds is 2. The Labute approximate surface area is 118 Å². The molecule has 0 N–H and O–H groups in total. The van der Waals surface area contributed by atoms with Crippen LogP contribution in [0, 0.1) is 5.92 Å². The molecule has 2 aromatic rings. The Bertz CT molecular complexity index is 607. The fourth-order valence-corrected chi connectivity index (χ4v) is 2.65. The molecule has 0 spiro atoms. The zero-order chi connectivity index (χ0) is 13.9. The van der Waals surface area contributed by atoms with Crippen molar-refractivity contribution in [1.29, 1.82) is 0 Å². The van der Waals surface area contributed by atoms with Crippen molar-refractivity contribution in [2.24, 2.45) is 5.92 Å². The Morgan fingerprint density at radius 1 is 1.10 bits per heavy atom. The van der Waals surface area contributed by atoms with Crippen LogP contribution in [-0.4, -0.2) is 13.1 Å². The summed E-state index contributed by atoms with van der Waals surface area (Å²) >= 11 is 0. The molecule has 0 unspecified atom stereocenters. The average Bonchev–Trinajstić information content (AvgIpc) is 2.53. The zero-order valence-corrected chi connectivity index (χ0v) is 11.3. The molecular formula is C17H16O3. The summed E-state index contributed by atoms with van der Waals surface area (Å²) in [4.78, 5) is 12.1. The number of esters is 1. The highest BCUT2D eigenvalue weighted by Gasteiger charge is 2.36. The second kappa shape index (κ2) is 5.37. The lowest BCUT2D eigenvalue weighted by Crippen LogP contribution is -2.32. The lowest BCUT2D eigenvalue weighted by atomic mass is 9.87. The van der Waals surface area contributed by atoms with Crippen LogP contribution >= 0.6 is 0 Å². The Hall–Kier alpha value is -2.29. The van der Waals surface area contributed by atoms with Crippen LogP contribution in [0.5, 0.6) is 5.75 Å². The summed E-state index contributed by atoms with van der Waals surface area (Å²) in [5.41, 5.74) is 2.05. The van der Waals surface area contributed by atoms with Crippen molar-refractivity contribution in [3.8, 4) is 5.75 Å². The largest absolute Gasteiger partial charge is 0.485 e. The molecule has 20 heavy (non-hydrogen) atoms. The molecule has 0 bridgehead atoms. The molecule has 0 aliphatic carbocycles. The maximum Gasteiger partial charge on any atom is 0.313 e. The molecule has 1 heterocycles. The van der Waals surface area contributed by atoms with Gasteiger partial charge in [0.25, 0.3) is 0 Å². The minimum absolute atomic E-state index is 0.228. The first-order chi connectivity index (χ1) is 9.79. The Morgan fingerprint density at radius 2 is 1.80 bits per heavy atom. The van der Waals surface area contributed by atoms with Crippen molar-refractivity contribution in [2.75, 3.05) is 7.11 Å². The molecule has 0 radical (unpaired) electrons. The molecule has 0 saturated carbocycles. The number of fused-ring (bicyclic) bond motifs is 1. The summed E-state index contributed by atoms with van der Waals surface area (Å²) in [6, 6.07) is 17.7. The van der Waals surface area contributed by atoms with Gasteiger partial charge in [-0.25, -0.2) is 0 Å². The van der Waals surface area contributed by atoms with E-state index < -0.39 is 0 Å². The maximum atomic E-state index is 12.1. The van der Waals surface area contributed by atoms with Crippen LogP contribution in [0.1, 0.15) is 17.2 Å². The van der Waals surface area contributed by atoms with E-state index in [1.807, 2.05) is 54.6 Å². The van der Waals surface area contributed by atoms with Crippen molar-refractivity contribution in [3.63, 3.8) is 0 Å². The van der Waals surface area contributed by atoms with Crippen LogP contribution in [0.15, 0.2) is 54.6 Å². The average molecular weight is 268 g/mol. The lowest BCUT2D eigenvalue weighted by Gasteiger charge is -2.32. The van der Waals surface area contributed by atoms with Crippen LogP contribution in [0.25, 0.3) is 0 Å². The maximum absolute atomic E-state index is 12.1. The van der Waals surface area contributed by atoms with Crippen molar-refractivity contribution in [2.45, 2.75) is 12.5 Å². The van der Waals surface area contributed by atoms with E-state index in [0.717, 1.165) is 16.9 Å². The van der Waals surface area contributed by atoms with Crippen LogP contribution in [0.2, 0.25) is 0 Å². The molecule has 102 valence electrons. The van der Waals surface area contributed by atoms with Crippen LogP contribution < -0.4 is 4.74 Å². The second-order valence-corrected chi connectivity index (χ2v) is 4.89. The minimum Gasteiger partial charge on any atom is -0.485 e. The zero-order valence-electron chi connectivity index (χ0n) is 11.3. The van der Waals surface area contributed by atoms with E-state index >= 15 is 0 Å². The lowest BCUT2D eigenvalue weighted by molar-refractivity contribution is -0.149. The molecule has 3 rings (SSSR count). The quantitative estimate of drug-likeness (QED) is 0.785. The normalized spacial score (nSPS) is 20.6. The van der Waals surface area contributed by atoms with Crippen molar-refractivity contribution < 1.29 is 14.3 Å². The fourth-order valence-electron chi connectivity index (χ4n) is 2.65. The van der Waals surface area contributed by atoms with E-state index in [1.54, 1.807) is 0 Å². The molecule has 1 aliphatic rings. The van der Waals surface area contributed by atoms with Gasteiger partial charge < -0.3 is 9.47 Å². The number of carbonyl (C=O) groups excluding carboxylic acids is 1. The SMILES string of the molecule is COC(=O)[C@@H]1Cc2ccccc2O[C@H]1c1ccccc1.